The number of aryl methyl sites for hydroxylation is 1. The zero-order chi connectivity index (χ0) is 18.6. The molecule has 27 heavy (non-hydrogen) atoms. The first-order valence-electron chi connectivity index (χ1n) is 9.27. The van der Waals surface area contributed by atoms with E-state index in [4.69, 9.17) is 0 Å². The summed E-state index contributed by atoms with van der Waals surface area (Å²) in [5.41, 5.74) is 4.10. The molecular weight excluding hydrogens is 336 g/mol. The van der Waals surface area contributed by atoms with E-state index in [1.54, 1.807) is 0 Å². The molecule has 5 nitrogen and oxygen atoms in total. The molecule has 1 fully saturated rings. The Kier molecular flexibility index (Phi) is 4.83. The lowest BCUT2D eigenvalue weighted by atomic mass is 10.1. The Bertz CT molecular complexity index is 947. The number of hydrogen-bond donors (Lipinski definition) is 1. The van der Waals surface area contributed by atoms with E-state index in [2.05, 4.69) is 20.4 Å². The zero-order valence-corrected chi connectivity index (χ0v) is 15.4. The van der Waals surface area contributed by atoms with Gasteiger partial charge >= 0.3 is 0 Å². The van der Waals surface area contributed by atoms with Gasteiger partial charge in [-0.05, 0) is 55.7 Å². The highest BCUT2D eigenvalue weighted by Gasteiger charge is 2.14. The van der Waals surface area contributed by atoms with Gasteiger partial charge in [-0.3, -0.25) is 4.79 Å². The number of aromatic nitrogens is 2. The topological polar surface area (TPSA) is 58.1 Å². The minimum atomic E-state index is -0.132. The number of rotatable bonds is 4. The van der Waals surface area contributed by atoms with Crippen molar-refractivity contribution in [2.45, 2.75) is 19.8 Å². The van der Waals surface area contributed by atoms with Crippen molar-refractivity contribution in [2.24, 2.45) is 0 Å². The smallest absolute Gasteiger partial charge is 0.255 e. The molecular formula is C22H22N4O. The Morgan fingerprint density at radius 1 is 0.963 bits per heavy atom. The predicted octanol–water partition coefficient (Wildman–Crippen LogP) is 4.30. The van der Waals surface area contributed by atoms with Crippen molar-refractivity contribution < 1.29 is 4.79 Å². The third-order valence-corrected chi connectivity index (χ3v) is 4.89. The number of para-hydroxylation sites is 1. The van der Waals surface area contributed by atoms with Gasteiger partial charge in [0.25, 0.3) is 5.91 Å². The van der Waals surface area contributed by atoms with Gasteiger partial charge in [-0.2, -0.15) is 0 Å². The molecule has 3 aromatic rings. The minimum Gasteiger partial charge on any atom is -0.355 e. The number of carbonyl (C=O) groups is 1. The number of carbonyl (C=O) groups excluding carboxylic acids is 1. The number of amides is 1. The first-order chi connectivity index (χ1) is 13.2. The Balaban J connectivity index is 1.53. The van der Waals surface area contributed by atoms with Crippen molar-refractivity contribution in [3.63, 3.8) is 0 Å². The monoisotopic (exact) mass is 358 g/mol. The molecule has 0 aliphatic carbocycles. The van der Waals surface area contributed by atoms with Crippen molar-refractivity contribution in [2.75, 3.05) is 23.3 Å². The predicted molar refractivity (Wildman–Crippen MR) is 108 cm³/mol. The number of anilines is 2. The lowest BCUT2D eigenvalue weighted by Gasteiger charge is -2.15. The maximum Gasteiger partial charge on any atom is 0.255 e. The van der Waals surface area contributed by atoms with E-state index in [1.807, 2.05) is 67.6 Å². The van der Waals surface area contributed by atoms with Crippen LogP contribution in [0.4, 0.5) is 11.5 Å². The van der Waals surface area contributed by atoms with Crippen LogP contribution in [0.1, 0.15) is 28.8 Å². The maximum atomic E-state index is 12.6. The van der Waals surface area contributed by atoms with E-state index in [9.17, 15) is 4.79 Å². The van der Waals surface area contributed by atoms with Crippen LogP contribution in [-0.4, -0.2) is 29.2 Å². The Morgan fingerprint density at radius 3 is 2.52 bits per heavy atom. The zero-order valence-electron chi connectivity index (χ0n) is 15.4. The molecule has 0 atom stereocenters. The summed E-state index contributed by atoms with van der Waals surface area (Å²) in [6.45, 7) is 4.06. The molecule has 1 N–H and O–H groups in total. The molecule has 5 heteroatoms. The first kappa shape index (κ1) is 17.2. The fourth-order valence-corrected chi connectivity index (χ4v) is 3.32. The average molecular weight is 358 g/mol. The highest BCUT2D eigenvalue weighted by atomic mass is 16.1. The molecule has 0 radical (unpaired) electrons. The number of benzene rings is 2. The van der Waals surface area contributed by atoms with E-state index in [1.165, 1.54) is 12.8 Å². The highest BCUT2D eigenvalue weighted by molar-refractivity contribution is 6.05. The third-order valence-electron chi connectivity index (χ3n) is 4.89. The summed E-state index contributed by atoms with van der Waals surface area (Å²) < 4.78 is 0. The van der Waals surface area contributed by atoms with Gasteiger partial charge in [0.05, 0.1) is 5.69 Å². The van der Waals surface area contributed by atoms with Crippen LogP contribution >= 0.6 is 0 Å². The standard InChI is InChI=1S/C22H22N4O/c1-16-7-2-3-10-19(16)23-22(27)18-9-6-8-17(15-18)20-11-12-21(25-24-20)26-13-4-5-14-26/h2-3,6-12,15H,4-5,13-14H2,1H3,(H,23,27). The van der Waals surface area contributed by atoms with Crippen LogP contribution in [0.3, 0.4) is 0 Å². The maximum absolute atomic E-state index is 12.6. The normalized spacial score (nSPS) is 13.6. The van der Waals surface area contributed by atoms with E-state index < -0.39 is 0 Å². The van der Waals surface area contributed by atoms with Crippen LogP contribution in [-0.2, 0) is 0 Å². The van der Waals surface area contributed by atoms with Crippen molar-refractivity contribution in [1.29, 1.82) is 0 Å². The van der Waals surface area contributed by atoms with Crippen LogP contribution in [0.25, 0.3) is 11.3 Å². The molecule has 1 aliphatic rings. The Labute approximate surface area is 159 Å². The second-order valence-corrected chi connectivity index (χ2v) is 6.82. The average Bonchev–Trinajstić information content (AvgIpc) is 3.25. The van der Waals surface area contributed by atoms with Crippen molar-refractivity contribution in [3.05, 3.63) is 71.8 Å². The fraction of sp³-hybridized carbons (Fsp3) is 0.227. The van der Waals surface area contributed by atoms with E-state index in [-0.39, 0.29) is 5.91 Å². The lowest BCUT2D eigenvalue weighted by Crippen LogP contribution is -2.19. The quantitative estimate of drug-likeness (QED) is 0.755. The SMILES string of the molecule is Cc1ccccc1NC(=O)c1cccc(-c2ccc(N3CCCC3)nn2)c1. The summed E-state index contributed by atoms with van der Waals surface area (Å²) in [4.78, 5) is 14.9. The molecule has 1 aromatic heterocycles. The molecule has 2 aromatic carbocycles. The van der Waals surface area contributed by atoms with Crippen molar-refractivity contribution in [3.8, 4) is 11.3 Å². The molecule has 2 heterocycles. The summed E-state index contributed by atoms with van der Waals surface area (Å²) in [5, 5.41) is 11.7. The molecule has 0 saturated carbocycles. The van der Waals surface area contributed by atoms with Gasteiger partial charge in [0, 0.05) is 29.9 Å². The Hall–Kier alpha value is -3.21. The van der Waals surface area contributed by atoms with Crippen LogP contribution in [0.15, 0.2) is 60.7 Å². The summed E-state index contributed by atoms with van der Waals surface area (Å²) in [7, 11) is 0. The number of hydrogen-bond acceptors (Lipinski definition) is 4. The molecule has 1 aliphatic heterocycles. The summed E-state index contributed by atoms with van der Waals surface area (Å²) in [6, 6.07) is 19.2. The van der Waals surface area contributed by atoms with Gasteiger partial charge in [0.1, 0.15) is 0 Å². The van der Waals surface area contributed by atoms with Crippen LogP contribution in [0.2, 0.25) is 0 Å². The van der Waals surface area contributed by atoms with Gasteiger partial charge in [-0.25, -0.2) is 0 Å². The van der Waals surface area contributed by atoms with Gasteiger partial charge in [-0.1, -0.05) is 30.3 Å². The van der Waals surface area contributed by atoms with Gasteiger partial charge in [0.2, 0.25) is 0 Å². The summed E-state index contributed by atoms with van der Waals surface area (Å²) in [6.07, 6.45) is 2.42. The molecule has 0 bridgehead atoms. The van der Waals surface area contributed by atoms with E-state index >= 15 is 0 Å². The fourth-order valence-electron chi connectivity index (χ4n) is 3.32. The Morgan fingerprint density at radius 2 is 1.78 bits per heavy atom. The molecule has 0 spiro atoms. The van der Waals surface area contributed by atoms with Crippen molar-refractivity contribution in [1.82, 2.24) is 10.2 Å². The van der Waals surface area contributed by atoms with Crippen LogP contribution in [0.5, 0.6) is 0 Å². The number of nitrogens with one attached hydrogen (secondary N) is 1. The number of nitrogens with zero attached hydrogens (tertiary/aromatic N) is 3. The van der Waals surface area contributed by atoms with E-state index in [0.29, 0.717) is 5.56 Å². The lowest BCUT2D eigenvalue weighted by molar-refractivity contribution is 0.102. The largest absolute Gasteiger partial charge is 0.355 e. The molecule has 1 saturated heterocycles. The van der Waals surface area contributed by atoms with Crippen molar-refractivity contribution >= 4 is 17.4 Å². The summed E-state index contributed by atoms with van der Waals surface area (Å²) >= 11 is 0. The molecule has 4 rings (SSSR count). The molecule has 136 valence electrons. The highest BCUT2D eigenvalue weighted by Crippen LogP contribution is 2.22. The van der Waals surface area contributed by atoms with Gasteiger partial charge < -0.3 is 10.2 Å². The van der Waals surface area contributed by atoms with Crippen LogP contribution in [0, 0.1) is 6.92 Å². The molecule has 1 amide bonds. The third kappa shape index (κ3) is 3.82. The van der Waals surface area contributed by atoms with Crippen LogP contribution < -0.4 is 10.2 Å². The van der Waals surface area contributed by atoms with Gasteiger partial charge in [0.15, 0.2) is 5.82 Å². The van der Waals surface area contributed by atoms with E-state index in [0.717, 1.165) is 41.4 Å². The van der Waals surface area contributed by atoms with Gasteiger partial charge in [-0.15, -0.1) is 10.2 Å². The second kappa shape index (κ2) is 7.58. The minimum absolute atomic E-state index is 0.132. The second-order valence-electron chi connectivity index (χ2n) is 6.82. The first-order valence-corrected chi connectivity index (χ1v) is 9.27. The molecule has 0 unspecified atom stereocenters. The summed E-state index contributed by atoms with van der Waals surface area (Å²) in [5.74, 6) is 0.789.